The van der Waals surface area contributed by atoms with Gasteiger partial charge in [-0.25, -0.2) is 19.6 Å². The van der Waals surface area contributed by atoms with E-state index in [-0.39, 0.29) is 36.9 Å². The number of hydrogen-bond donors (Lipinski definition) is 3. The minimum Gasteiger partial charge on any atom is -0.442 e. The summed E-state index contributed by atoms with van der Waals surface area (Å²) >= 11 is 2.99. The van der Waals surface area contributed by atoms with Gasteiger partial charge in [0.1, 0.15) is 17.7 Å². The zero-order valence-corrected chi connectivity index (χ0v) is 32.9. The van der Waals surface area contributed by atoms with Crippen LogP contribution in [0.2, 0.25) is 0 Å². The van der Waals surface area contributed by atoms with Crippen LogP contribution in [-0.4, -0.2) is 82.0 Å². The van der Waals surface area contributed by atoms with E-state index in [9.17, 15) is 19.2 Å². The molecule has 2 aromatic heterocycles. The Labute approximate surface area is 325 Å². The maximum atomic E-state index is 14.2. The van der Waals surface area contributed by atoms with E-state index in [4.69, 9.17) is 4.74 Å². The highest BCUT2D eigenvalue weighted by molar-refractivity contribution is 7.09. The molecule has 3 heterocycles. The van der Waals surface area contributed by atoms with Crippen LogP contribution in [0.5, 0.6) is 0 Å². The third kappa shape index (κ3) is 12.9. The SMILES string of the molecule is CC(C)c1nc(CN(C)C(=O)N[C@@H](CCN2CCCC2=O)C(=O)N[C@H](CC[C@H](Cc2ccccc2)NC(=O)OCc2nccs2)Cc2ccccc2)cs1. The highest BCUT2D eigenvalue weighted by Crippen LogP contribution is 2.20. The van der Waals surface area contributed by atoms with Crippen molar-refractivity contribution >= 4 is 46.6 Å². The quantitative estimate of drug-likeness (QED) is 0.102. The summed E-state index contributed by atoms with van der Waals surface area (Å²) in [6, 6.07) is 18.0. The average Bonchev–Trinajstić information content (AvgIpc) is 3.95. The van der Waals surface area contributed by atoms with Crippen molar-refractivity contribution in [2.45, 2.75) is 96.0 Å². The predicted molar refractivity (Wildman–Crippen MR) is 211 cm³/mol. The Kier molecular flexibility index (Phi) is 15.4. The lowest BCUT2D eigenvalue weighted by Gasteiger charge is -2.28. The smallest absolute Gasteiger partial charge is 0.407 e. The standard InChI is InChI=1S/C40H51N7O5S2/c1-28(2)38-43-33(27-54-38)25-46(3)39(50)45-34(18-21-47-20-10-15-36(47)48)37(49)42-31(23-29-11-6-4-7-12-29)16-17-32(24-30-13-8-5-9-14-30)44-40(51)52-26-35-41-19-22-53-35/h4-9,11-14,19,22,27-28,31-32,34H,10,15-18,20-21,23-26H2,1-3H3,(H,42,49)(H,44,51)(H,45,50)/t31-,32-,34+/m1/s1. The number of nitrogens with zero attached hydrogens (tertiary/aromatic N) is 4. The van der Waals surface area contributed by atoms with Crippen LogP contribution in [0.25, 0.3) is 0 Å². The molecule has 1 saturated heterocycles. The Morgan fingerprint density at radius 3 is 2.15 bits per heavy atom. The number of carbonyl (C=O) groups excluding carboxylic acids is 4. The molecule has 0 radical (unpaired) electrons. The van der Waals surface area contributed by atoms with E-state index < -0.39 is 18.2 Å². The van der Waals surface area contributed by atoms with Gasteiger partial charge in [0.2, 0.25) is 11.8 Å². The van der Waals surface area contributed by atoms with Gasteiger partial charge in [-0.3, -0.25) is 9.59 Å². The number of hydrogen-bond acceptors (Lipinski definition) is 9. The Hall–Kier alpha value is -4.82. The molecule has 1 fully saturated rings. The third-order valence-corrected chi connectivity index (χ3v) is 11.2. The highest BCUT2D eigenvalue weighted by atomic mass is 32.1. The lowest BCUT2D eigenvalue weighted by Crippen LogP contribution is -2.53. The van der Waals surface area contributed by atoms with Gasteiger partial charge in [0, 0.05) is 61.5 Å². The van der Waals surface area contributed by atoms with Gasteiger partial charge in [0.25, 0.3) is 0 Å². The molecule has 3 atom stereocenters. The van der Waals surface area contributed by atoms with Crippen molar-refractivity contribution in [2.24, 2.45) is 0 Å². The van der Waals surface area contributed by atoms with Gasteiger partial charge in [-0.1, -0.05) is 74.5 Å². The maximum Gasteiger partial charge on any atom is 0.407 e. The van der Waals surface area contributed by atoms with Crippen LogP contribution in [0, 0.1) is 0 Å². The minimum absolute atomic E-state index is 0.0613. The molecular weight excluding hydrogens is 723 g/mol. The first-order chi connectivity index (χ1) is 26.1. The zero-order valence-electron chi connectivity index (χ0n) is 31.2. The van der Waals surface area contributed by atoms with Gasteiger partial charge >= 0.3 is 12.1 Å². The average molecular weight is 774 g/mol. The lowest BCUT2D eigenvalue weighted by molar-refractivity contribution is -0.129. The van der Waals surface area contributed by atoms with Crippen LogP contribution in [0.15, 0.2) is 77.6 Å². The Balaban J connectivity index is 1.28. The Morgan fingerprint density at radius 2 is 1.57 bits per heavy atom. The topological polar surface area (TPSA) is 146 Å². The molecular formula is C40H51N7O5S2. The van der Waals surface area contributed by atoms with Gasteiger partial charge in [-0.2, -0.15) is 0 Å². The van der Waals surface area contributed by atoms with Crippen LogP contribution >= 0.6 is 22.7 Å². The Morgan fingerprint density at radius 1 is 0.907 bits per heavy atom. The molecule has 0 bridgehead atoms. The summed E-state index contributed by atoms with van der Waals surface area (Å²) in [5, 5.41) is 14.7. The molecule has 54 heavy (non-hydrogen) atoms. The number of aromatic nitrogens is 2. The van der Waals surface area contributed by atoms with E-state index in [1.54, 1.807) is 29.5 Å². The van der Waals surface area contributed by atoms with Crippen LogP contribution in [-0.2, 0) is 40.3 Å². The van der Waals surface area contributed by atoms with Gasteiger partial charge in [0.05, 0.1) is 17.2 Å². The van der Waals surface area contributed by atoms with E-state index in [1.807, 2.05) is 71.4 Å². The first-order valence-corrected chi connectivity index (χ1v) is 20.3. The minimum atomic E-state index is -0.882. The molecule has 0 aliphatic carbocycles. The summed E-state index contributed by atoms with van der Waals surface area (Å²) in [5.74, 6) is 0.0296. The van der Waals surface area contributed by atoms with Crippen LogP contribution in [0.3, 0.4) is 0 Å². The van der Waals surface area contributed by atoms with E-state index >= 15 is 0 Å². The van der Waals surface area contributed by atoms with Gasteiger partial charge in [-0.05, 0) is 49.7 Å². The first kappa shape index (κ1) is 40.4. The molecule has 0 saturated carbocycles. The van der Waals surface area contributed by atoms with E-state index in [0.717, 1.165) is 28.2 Å². The largest absolute Gasteiger partial charge is 0.442 e. The molecule has 2 aromatic carbocycles. The van der Waals surface area contributed by atoms with Gasteiger partial charge in [0.15, 0.2) is 0 Å². The second-order valence-corrected chi connectivity index (χ2v) is 15.8. The van der Waals surface area contributed by atoms with Crippen molar-refractivity contribution in [2.75, 3.05) is 20.1 Å². The van der Waals surface area contributed by atoms with Crippen molar-refractivity contribution < 1.29 is 23.9 Å². The molecule has 288 valence electrons. The molecule has 5 rings (SSSR count). The van der Waals surface area contributed by atoms with Crippen molar-refractivity contribution in [1.29, 1.82) is 0 Å². The lowest BCUT2D eigenvalue weighted by atomic mass is 9.95. The van der Waals surface area contributed by atoms with Crippen molar-refractivity contribution in [3.8, 4) is 0 Å². The van der Waals surface area contributed by atoms with Crippen molar-refractivity contribution in [1.82, 2.24) is 35.7 Å². The number of thiazole rings is 2. The first-order valence-electron chi connectivity index (χ1n) is 18.6. The zero-order chi connectivity index (χ0) is 38.3. The van der Waals surface area contributed by atoms with Crippen LogP contribution in [0.4, 0.5) is 9.59 Å². The summed E-state index contributed by atoms with van der Waals surface area (Å²) in [6.45, 7) is 5.55. The third-order valence-electron chi connectivity index (χ3n) is 9.27. The summed E-state index contributed by atoms with van der Waals surface area (Å²) in [4.78, 5) is 65.3. The maximum absolute atomic E-state index is 14.2. The number of urea groups is 1. The summed E-state index contributed by atoms with van der Waals surface area (Å²) < 4.78 is 5.49. The Bertz CT molecular complexity index is 1770. The normalized spacial score (nSPS) is 14.4. The number of likely N-dealkylation sites (tertiary alicyclic amines) is 1. The van der Waals surface area contributed by atoms with E-state index in [1.165, 1.54) is 16.2 Å². The van der Waals surface area contributed by atoms with Crippen molar-refractivity contribution in [3.05, 3.63) is 104 Å². The molecule has 0 unspecified atom stereocenters. The fourth-order valence-electron chi connectivity index (χ4n) is 6.34. The van der Waals surface area contributed by atoms with E-state index in [2.05, 4.69) is 39.8 Å². The molecule has 1 aliphatic heterocycles. The fourth-order valence-corrected chi connectivity index (χ4v) is 7.69. The fraction of sp³-hybridized carbons (Fsp3) is 0.450. The monoisotopic (exact) mass is 773 g/mol. The van der Waals surface area contributed by atoms with Gasteiger partial charge in [-0.15, -0.1) is 22.7 Å². The van der Waals surface area contributed by atoms with Crippen LogP contribution in [0.1, 0.15) is 78.7 Å². The number of ether oxygens (including phenoxy) is 1. The van der Waals surface area contributed by atoms with E-state index in [0.29, 0.717) is 62.7 Å². The molecule has 12 nitrogen and oxygen atoms in total. The highest BCUT2D eigenvalue weighted by Gasteiger charge is 2.29. The van der Waals surface area contributed by atoms with Crippen molar-refractivity contribution in [3.63, 3.8) is 0 Å². The molecule has 1 aliphatic rings. The predicted octanol–water partition coefficient (Wildman–Crippen LogP) is 6.29. The summed E-state index contributed by atoms with van der Waals surface area (Å²) in [5.41, 5.74) is 2.90. The summed E-state index contributed by atoms with van der Waals surface area (Å²) in [7, 11) is 1.68. The summed E-state index contributed by atoms with van der Waals surface area (Å²) in [6.07, 6.45) is 4.90. The molecule has 0 spiro atoms. The molecule has 5 amide bonds. The second-order valence-electron chi connectivity index (χ2n) is 14.0. The number of rotatable bonds is 19. The second kappa shape index (κ2) is 20.6. The molecule has 3 N–H and O–H groups in total. The van der Waals surface area contributed by atoms with Gasteiger partial charge < -0.3 is 30.5 Å². The number of nitrogens with one attached hydrogen (secondary N) is 3. The van der Waals surface area contributed by atoms with Crippen LogP contribution < -0.4 is 16.0 Å². The molecule has 4 aromatic rings. The number of amides is 5. The molecule has 14 heteroatoms. The number of carbonyl (C=O) groups is 4. The number of benzene rings is 2. The number of alkyl carbamates (subject to hydrolysis) is 1.